The molecule has 1 N–H and O–H groups in total. The second-order valence-electron chi connectivity index (χ2n) is 4.05. The lowest BCUT2D eigenvalue weighted by Crippen LogP contribution is -2.24. The lowest BCUT2D eigenvalue weighted by atomic mass is 9.99. The summed E-state index contributed by atoms with van der Waals surface area (Å²) in [5.41, 5.74) is 3.48. The zero-order valence-electron chi connectivity index (χ0n) is 9.69. The van der Waals surface area contributed by atoms with Crippen LogP contribution in [-0.4, -0.2) is 11.8 Å². The van der Waals surface area contributed by atoms with Crippen molar-refractivity contribution in [2.24, 2.45) is 5.10 Å². The molecule has 1 aromatic rings. The Morgan fingerprint density at radius 1 is 1.12 bits per heavy atom. The molecule has 0 bridgehead atoms. The Labute approximate surface area is 101 Å². The third-order valence-electron chi connectivity index (χ3n) is 2.69. The third kappa shape index (κ3) is 3.90. The van der Waals surface area contributed by atoms with Crippen LogP contribution in [-0.2, 0) is 0 Å². The van der Waals surface area contributed by atoms with Crippen LogP contribution in [0.3, 0.4) is 0 Å². The Hall–Kier alpha value is -1.84. The minimum atomic E-state index is -0.533. The summed E-state index contributed by atoms with van der Waals surface area (Å²) in [6.45, 7) is 0. The monoisotopic (exact) mass is 232 g/mol. The maximum Gasteiger partial charge on any atom is 0.433 e. The molecule has 1 aliphatic rings. The van der Waals surface area contributed by atoms with Gasteiger partial charge in [-0.25, -0.2) is 10.2 Å². The SMILES string of the molecule is O=C(NN=C1CCCCC1)Oc1ccccc1. The van der Waals surface area contributed by atoms with Crippen LogP contribution in [0, 0.1) is 0 Å². The van der Waals surface area contributed by atoms with Crippen molar-refractivity contribution in [2.75, 3.05) is 0 Å². The van der Waals surface area contributed by atoms with E-state index in [4.69, 9.17) is 4.74 Å². The topological polar surface area (TPSA) is 50.7 Å². The van der Waals surface area contributed by atoms with Crippen molar-refractivity contribution in [1.82, 2.24) is 5.43 Å². The molecule has 0 unspecified atom stereocenters. The summed E-state index contributed by atoms with van der Waals surface area (Å²) in [7, 11) is 0. The number of rotatable bonds is 2. The van der Waals surface area contributed by atoms with Gasteiger partial charge in [0.25, 0.3) is 0 Å². The molecule has 4 nitrogen and oxygen atoms in total. The number of amides is 1. The number of hydrogen-bond donors (Lipinski definition) is 1. The van der Waals surface area contributed by atoms with E-state index in [2.05, 4.69) is 10.5 Å². The van der Waals surface area contributed by atoms with Gasteiger partial charge in [0, 0.05) is 5.71 Å². The van der Waals surface area contributed by atoms with Crippen molar-refractivity contribution in [3.8, 4) is 5.75 Å². The van der Waals surface area contributed by atoms with Gasteiger partial charge in [-0.05, 0) is 37.8 Å². The summed E-state index contributed by atoms with van der Waals surface area (Å²) in [5, 5.41) is 4.07. The van der Waals surface area contributed by atoms with Gasteiger partial charge in [0.15, 0.2) is 0 Å². The molecule has 4 heteroatoms. The molecule has 1 fully saturated rings. The van der Waals surface area contributed by atoms with Crippen molar-refractivity contribution in [3.05, 3.63) is 30.3 Å². The summed E-state index contributed by atoms with van der Waals surface area (Å²) < 4.78 is 5.05. The molecule has 1 aromatic carbocycles. The van der Waals surface area contributed by atoms with E-state index in [0.29, 0.717) is 5.75 Å². The van der Waals surface area contributed by atoms with E-state index in [1.165, 1.54) is 6.42 Å². The van der Waals surface area contributed by atoms with Gasteiger partial charge >= 0.3 is 6.09 Å². The molecule has 0 radical (unpaired) electrons. The molecule has 0 aliphatic heterocycles. The largest absolute Gasteiger partial charge is 0.433 e. The summed E-state index contributed by atoms with van der Waals surface area (Å²) in [6.07, 6.45) is 5.00. The molecular weight excluding hydrogens is 216 g/mol. The maximum absolute atomic E-state index is 11.4. The van der Waals surface area contributed by atoms with Crippen LogP contribution >= 0.6 is 0 Å². The molecular formula is C13H16N2O2. The van der Waals surface area contributed by atoms with Gasteiger partial charge in [-0.15, -0.1) is 0 Å². The molecule has 1 saturated carbocycles. The van der Waals surface area contributed by atoms with Crippen LogP contribution in [0.15, 0.2) is 35.4 Å². The minimum absolute atomic E-state index is 0.522. The average molecular weight is 232 g/mol. The molecule has 1 amide bonds. The Morgan fingerprint density at radius 3 is 2.53 bits per heavy atom. The summed E-state index contributed by atoms with van der Waals surface area (Å²) in [6, 6.07) is 8.96. The van der Waals surface area contributed by atoms with E-state index in [1.54, 1.807) is 12.1 Å². The van der Waals surface area contributed by atoms with Crippen molar-refractivity contribution in [1.29, 1.82) is 0 Å². The van der Waals surface area contributed by atoms with Gasteiger partial charge < -0.3 is 4.74 Å². The zero-order valence-corrected chi connectivity index (χ0v) is 9.69. The molecule has 0 heterocycles. The van der Waals surface area contributed by atoms with Crippen LogP contribution in [0.25, 0.3) is 0 Å². The number of nitrogens with zero attached hydrogens (tertiary/aromatic N) is 1. The highest BCUT2D eigenvalue weighted by Crippen LogP contribution is 2.14. The highest BCUT2D eigenvalue weighted by Gasteiger charge is 2.08. The first-order valence-electron chi connectivity index (χ1n) is 5.93. The normalized spacial score (nSPS) is 15.2. The van der Waals surface area contributed by atoms with Crippen LogP contribution in [0.2, 0.25) is 0 Å². The summed E-state index contributed by atoms with van der Waals surface area (Å²) >= 11 is 0. The Morgan fingerprint density at radius 2 is 1.82 bits per heavy atom. The first-order valence-corrected chi connectivity index (χ1v) is 5.93. The lowest BCUT2D eigenvalue weighted by Gasteiger charge is -2.11. The highest BCUT2D eigenvalue weighted by atomic mass is 16.6. The van der Waals surface area contributed by atoms with Gasteiger partial charge in [0.05, 0.1) is 0 Å². The number of para-hydroxylation sites is 1. The van der Waals surface area contributed by atoms with Crippen LogP contribution < -0.4 is 10.2 Å². The Bertz CT molecular complexity index is 393. The molecule has 0 atom stereocenters. The van der Waals surface area contributed by atoms with Crippen molar-refractivity contribution in [2.45, 2.75) is 32.1 Å². The van der Waals surface area contributed by atoms with E-state index >= 15 is 0 Å². The van der Waals surface area contributed by atoms with Crippen molar-refractivity contribution < 1.29 is 9.53 Å². The lowest BCUT2D eigenvalue weighted by molar-refractivity contribution is 0.201. The molecule has 2 rings (SSSR count). The van der Waals surface area contributed by atoms with Crippen LogP contribution in [0.4, 0.5) is 4.79 Å². The number of benzene rings is 1. The number of hydrogen-bond acceptors (Lipinski definition) is 3. The maximum atomic E-state index is 11.4. The fourth-order valence-corrected chi connectivity index (χ4v) is 1.81. The van der Waals surface area contributed by atoms with E-state index in [1.807, 2.05) is 18.2 Å². The predicted octanol–water partition coefficient (Wildman–Crippen LogP) is 3.10. The van der Waals surface area contributed by atoms with Crippen molar-refractivity contribution in [3.63, 3.8) is 0 Å². The zero-order chi connectivity index (χ0) is 11.9. The van der Waals surface area contributed by atoms with Gasteiger partial charge in [-0.2, -0.15) is 5.10 Å². The van der Waals surface area contributed by atoms with Gasteiger partial charge in [0.1, 0.15) is 5.75 Å². The van der Waals surface area contributed by atoms with Gasteiger partial charge in [-0.3, -0.25) is 0 Å². The molecule has 1 aliphatic carbocycles. The fourth-order valence-electron chi connectivity index (χ4n) is 1.81. The van der Waals surface area contributed by atoms with Gasteiger partial charge in [-0.1, -0.05) is 24.6 Å². The first kappa shape index (κ1) is 11.6. The summed E-state index contributed by atoms with van der Waals surface area (Å²) in [5.74, 6) is 0.522. The third-order valence-corrected chi connectivity index (χ3v) is 2.69. The average Bonchev–Trinajstić information content (AvgIpc) is 2.39. The van der Waals surface area contributed by atoms with E-state index in [-0.39, 0.29) is 0 Å². The number of ether oxygens (including phenoxy) is 1. The fraction of sp³-hybridized carbons (Fsp3) is 0.385. The number of carbonyl (C=O) groups excluding carboxylic acids is 1. The number of carbonyl (C=O) groups is 1. The summed E-state index contributed by atoms with van der Waals surface area (Å²) in [4.78, 5) is 11.4. The molecule has 17 heavy (non-hydrogen) atoms. The van der Waals surface area contributed by atoms with Crippen LogP contribution in [0.1, 0.15) is 32.1 Å². The number of nitrogens with one attached hydrogen (secondary N) is 1. The molecule has 0 aromatic heterocycles. The number of hydrazone groups is 1. The second-order valence-corrected chi connectivity index (χ2v) is 4.05. The standard InChI is InChI=1S/C13H16N2O2/c16-13(17-12-9-5-2-6-10-12)15-14-11-7-3-1-4-8-11/h2,5-6,9-10H,1,3-4,7-8H2,(H,15,16). The van der Waals surface area contributed by atoms with E-state index in [9.17, 15) is 4.79 Å². The molecule has 0 saturated heterocycles. The Balaban J connectivity index is 1.81. The first-order chi connectivity index (χ1) is 8.34. The van der Waals surface area contributed by atoms with E-state index < -0.39 is 6.09 Å². The molecule has 0 spiro atoms. The Kier molecular flexibility index (Phi) is 4.13. The van der Waals surface area contributed by atoms with Crippen molar-refractivity contribution >= 4 is 11.8 Å². The minimum Gasteiger partial charge on any atom is -0.409 e. The second kappa shape index (κ2) is 6.03. The van der Waals surface area contributed by atoms with Gasteiger partial charge in [0.2, 0.25) is 0 Å². The predicted molar refractivity (Wildman–Crippen MR) is 66.1 cm³/mol. The van der Waals surface area contributed by atoms with E-state index in [0.717, 1.165) is 31.4 Å². The van der Waals surface area contributed by atoms with Crippen LogP contribution in [0.5, 0.6) is 5.75 Å². The molecule has 90 valence electrons. The smallest absolute Gasteiger partial charge is 0.409 e. The highest BCUT2D eigenvalue weighted by molar-refractivity contribution is 5.86. The quantitative estimate of drug-likeness (QED) is 0.796.